The van der Waals surface area contributed by atoms with E-state index in [0.717, 1.165) is 44.4 Å². The van der Waals surface area contributed by atoms with Crippen molar-refractivity contribution < 1.29 is 4.42 Å². The molecule has 4 aromatic rings. The Bertz CT molecular complexity index is 1590. The van der Waals surface area contributed by atoms with Gasteiger partial charge >= 0.3 is 6.01 Å². The van der Waals surface area contributed by atoms with E-state index in [9.17, 15) is 0 Å². The summed E-state index contributed by atoms with van der Waals surface area (Å²) in [4.78, 5) is 12.8. The van der Waals surface area contributed by atoms with Crippen LogP contribution < -0.4 is 0 Å². The number of nitrogens with zero attached hydrogens (tertiary/aromatic N) is 4. The number of aromatic amines is 1. The monoisotopic (exact) mass is 417 g/mol. The van der Waals surface area contributed by atoms with Gasteiger partial charge in [0.1, 0.15) is 5.69 Å². The number of fused-ring (bicyclic) bond motifs is 4. The minimum absolute atomic E-state index is 0.211. The Morgan fingerprint density at radius 2 is 1.59 bits per heavy atom. The van der Waals surface area contributed by atoms with Gasteiger partial charge in [0, 0.05) is 16.3 Å². The van der Waals surface area contributed by atoms with Crippen molar-refractivity contribution in [2.45, 2.75) is 13.8 Å². The highest BCUT2D eigenvalue weighted by molar-refractivity contribution is 6.11. The van der Waals surface area contributed by atoms with Crippen LogP contribution in [0.3, 0.4) is 0 Å². The molecule has 0 radical (unpaired) electrons. The predicted molar refractivity (Wildman–Crippen MR) is 126 cm³/mol. The molecule has 6 rings (SSSR count). The van der Waals surface area contributed by atoms with Crippen LogP contribution in [0.25, 0.3) is 44.5 Å². The summed E-state index contributed by atoms with van der Waals surface area (Å²) in [6, 6.07) is 22.3. The minimum atomic E-state index is 0.211. The normalized spacial score (nSPS) is 11.9. The van der Waals surface area contributed by atoms with Gasteiger partial charge in [-0.15, -0.1) is 5.11 Å². The van der Waals surface area contributed by atoms with Crippen LogP contribution in [0, 0.1) is 13.8 Å². The molecule has 0 unspecified atom stereocenters. The summed E-state index contributed by atoms with van der Waals surface area (Å²) >= 11 is 0. The maximum absolute atomic E-state index is 5.79. The molecule has 6 nitrogen and oxygen atoms in total. The first-order valence-corrected chi connectivity index (χ1v) is 10.4. The summed E-state index contributed by atoms with van der Waals surface area (Å²) in [5.41, 5.74) is 7.72. The number of oxazole rings is 1. The fourth-order valence-corrected chi connectivity index (χ4v) is 4.00. The van der Waals surface area contributed by atoms with Crippen LogP contribution in [-0.2, 0) is 0 Å². The first-order chi connectivity index (χ1) is 15.7. The second kappa shape index (κ2) is 7.13. The van der Waals surface area contributed by atoms with Crippen LogP contribution in [0.15, 0.2) is 87.6 Å². The van der Waals surface area contributed by atoms with Crippen molar-refractivity contribution in [1.29, 1.82) is 0 Å². The fourth-order valence-electron chi connectivity index (χ4n) is 4.00. The van der Waals surface area contributed by atoms with Crippen LogP contribution in [0.1, 0.15) is 11.1 Å². The minimum Gasteiger partial charge on any atom is -0.421 e. The molecule has 0 saturated carbocycles. The van der Waals surface area contributed by atoms with E-state index in [1.807, 2.05) is 48.5 Å². The Hall–Kier alpha value is -4.32. The SMILES string of the molecule is Cc1cc2nc3c4ccccc4c(N=Nc4ncc(-c5ccccc5)o4)c-3[nH]c2cc1C. The van der Waals surface area contributed by atoms with Crippen molar-refractivity contribution in [2.75, 3.05) is 0 Å². The number of hydrogen-bond donors (Lipinski definition) is 1. The molecule has 32 heavy (non-hydrogen) atoms. The van der Waals surface area contributed by atoms with E-state index in [-0.39, 0.29) is 6.01 Å². The highest BCUT2D eigenvalue weighted by Crippen LogP contribution is 2.44. The smallest absolute Gasteiger partial charge is 0.341 e. The molecule has 3 aromatic carbocycles. The van der Waals surface area contributed by atoms with Crippen LogP contribution in [0.4, 0.5) is 11.7 Å². The maximum atomic E-state index is 5.79. The third-order valence-corrected chi connectivity index (χ3v) is 5.80. The van der Waals surface area contributed by atoms with Gasteiger partial charge in [-0.2, -0.15) is 4.98 Å². The number of H-pyrrole nitrogens is 1. The molecule has 0 saturated heterocycles. The fraction of sp³-hybridized carbons (Fsp3) is 0.0769. The van der Waals surface area contributed by atoms with Crippen molar-refractivity contribution in [2.24, 2.45) is 10.2 Å². The molecule has 0 bridgehead atoms. The lowest BCUT2D eigenvalue weighted by molar-refractivity contribution is 0.577. The number of nitrogens with one attached hydrogen (secondary N) is 1. The van der Waals surface area contributed by atoms with E-state index >= 15 is 0 Å². The molecule has 154 valence electrons. The Morgan fingerprint density at radius 3 is 2.44 bits per heavy atom. The molecular formula is C26H19N5O. The van der Waals surface area contributed by atoms with Gasteiger partial charge in [0.2, 0.25) is 0 Å². The Kier molecular flexibility index (Phi) is 4.11. The molecule has 1 aliphatic carbocycles. The molecule has 2 heterocycles. The third kappa shape index (κ3) is 2.96. The van der Waals surface area contributed by atoms with E-state index in [2.05, 4.69) is 52.2 Å². The van der Waals surface area contributed by atoms with E-state index in [0.29, 0.717) is 5.76 Å². The molecule has 6 heteroatoms. The van der Waals surface area contributed by atoms with Crippen LogP contribution in [0.2, 0.25) is 0 Å². The quantitative estimate of drug-likeness (QED) is 0.303. The maximum Gasteiger partial charge on any atom is 0.341 e. The van der Waals surface area contributed by atoms with Crippen molar-refractivity contribution in [3.8, 4) is 22.7 Å². The number of azo groups is 1. The molecular weight excluding hydrogens is 398 g/mol. The Balaban J connectivity index is 1.50. The number of aromatic nitrogens is 3. The van der Waals surface area contributed by atoms with E-state index < -0.39 is 0 Å². The summed E-state index contributed by atoms with van der Waals surface area (Å²) in [7, 11) is 0. The summed E-state index contributed by atoms with van der Waals surface area (Å²) in [6.07, 6.45) is 1.66. The molecule has 0 fully saturated rings. The van der Waals surface area contributed by atoms with Crippen LogP contribution in [-0.4, -0.2) is 15.0 Å². The highest BCUT2D eigenvalue weighted by Gasteiger charge is 2.21. The van der Waals surface area contributed by atoms with Crippen LogP contribution in [0.5, 0.6) is 0 Å². The predicted octanol–water partition coefficient (Wildman–Crippen LogP) is 7.51. The lowest BCUT2D eigenvalue weighted by atomic mass is 10.1. The highest BCUT2D eigenvalue weighted by atomic mass is 16.4. The third-order valence-electron chi connectivity index (χ3n) is 5.80. The van der Waals surface area contributed by atoms with Gasteiger partial charge in [0.05, 0.1) is 28.6 Å². The second-order valence-electron chi connectivity index (χ2n) is 7.88. The molecule has 0 amide bonds. The lowest BCUT2D eigenvalue weighted by Gasteiger charge is -2.08. The second-order valence-corrected chi connectivity index (χ2v) is 7.88. The number of aryl methyl sites for hydroxylation is 2. The molecule has 0 atom stereocenters. The van der Waals surface area contributed by atoms with Gasteiger partial charge in [-0.1, -0.05) is 59.7 Å². The Labute approximate surface area is 184 Å². The molecule has 0 spiro atoms. The lowest BCUT2D eigenvalue weighted by Crippen LogP contribution is -1.92. The van der Waals surface area contributed by atoms with Gasteiger partial charge in [-0.25, -0.2) is 4.98 Å². The van der Waals surface area contributed by atoms with Gasteiger partial charge < -0.3 is 9.40 Å². The first-order valence-electron chi connectivity index (χ1n) is 10.4. The van der Waals surface area contributed by atoms with Gasteiger partial charge in [0.15, 0.2) is 5.76 Å². The summed E-state index contributed by atoms with van der Waals surface area (Å²) in [5, 5.41) is 10.9. The zero-order valence-corrected chi connectivity index (χ0v) is 17.6. The number of benzene rings is 3. The molecule has 1 N–H and O–H groups in total. The molecule has 2 aliphatic rings. The number of rotatable bonds is 3. The average Bonchev–Trinajstić information content (AvgIpc) is 3.41. The van der Waals surface area contributed by atoms with Crippen LogP contribution >= 0.6 is 0 Å². The summed E-state index contributed by atoms with van der Waals surface area (Å²) in [5.74, 6) is 0.654. The average molecular weight is 417 g/mol. The number of hydrogen-bond acceptors (Lipinski definition) is 5. The van der Waals surface area contributed by atoms with Crippen molar-refractivity contribution in [3.05, 3.63) is 84.1 Å². The van der Waals surface area contributed by atoms with E-state index in [1.54, 1.807) is 6.20 Å². The van der Waals surface area contributed by atoms with Crippen molar-refractivity contribution in [3.63, 3.8) is 0 Å². The van der Waals surface area contributed by atoms with E-state index in [4.69, 9.17) is 9.40 Å². The summed E-state index contributed by atoms with van der Waals surface area (Å²) < 4.78 is 5.79. The van der Waals surface area contributed by atoms with Crippen molar-refractivity contribution in [1.82, 2.24) is 15.0 Å². The zero-order valence-electron chi connectivity index (χ0n) is 17.6. The zero-order chi connectivity index (χ0) is 21.7. The Morgan fingerprint density at radius 1 is 0.844 bits per heavy atom. The largest absolute Gasteiger partial charge is 0.421 e. The van der Waals surface area contributed by atoms with Crippen molar-refractivity contribution >= 4 is 33.5 Å². The van der Waals surface area contributed by atoms with Gasteiger partial charge in [0.25, 0.3) is 0 Å². The van der Waals surface area contributed by atoms with Gasteiger partial charge in [-0.3, -0.25) is 0 Å². The molecule has 1 aromatic heterocycles. The first kappa shape index (κ1) is 18.4. The standard InChI is InChI=1S/C26H19N5O/c1-15-12-20-21(13-16(15)2)29-25-23(28-20)18-10-6-7-11-19(18)24(25)30-31-26-27-14-22(32-26)17-8-4-3-5-9-17/h3-14,29H,1-2H3. The van der Waals surface area contributed by atoms with Gasteiger partial charge in [-0.05, 0) is 37.1 Å². The van der Waals surface area contributed by atoms with E-state index in [1.165, 1.54) is 11.1 Å². The topological polar surface area (TPSA) is 79.4 Å². The summed E-state index contributed by atoms with van der Waals surface area (Å²) in [6.45, 7) is 4.20. The molecule has 1 aliphatic heterocycles.